The minimum atomic E-state index is 0. The maximum absolute atomic E-state index is 5.29. The van der Waals surface area contributed by atoms with Crippen LogP contribution in [-0.2, 0) is 4.74 Å². The Morgan fingerprint density at radius 2 is 2.33 bits per heavy atom. The van der Waals surface area contributed by atoms with Crippen molar-refractivity contribution in [2.75, 3.05) is 19.7 Å². The summed E-state index contributed by atoms with van der Waals surface area (Å²) in [6.45, 7) is 3.34. The molecule has 0 radical (unpaired) electrons. The van der Waals surface area contributed by atoms with Gasteiger partial charge in [0.1, 0.15) is 0 Å². The molecule has 2 saturated heterocycles. The first-order valence-corrected chi connectivity index (χ1v) is 3.29. The van der Waals surface area contributed by atoms with E-state index in [2.05, 4.69) is 5.32 Å². The van der Waals surface area contributed by atoms with Gasteiger partial charge in [-0.05, 0) is 13.0 Å². The summed E-state index contributed by atoms with van der Waals surface area (Å²) < 4.78 is 5.29. The number of piperidine rings is 1. The van der Waals surface area contributed by atoms with Crippen LogP contribution in [0.5, 0.6) is 0 Å². The highest BCUT2D eigenvalue weighted by Crippen LogP contribution is 2.24. The Kier molecular flexibility index (Phi) is 2.33. The van der Waals surface area contributed by atoms with Crippen LogP contribution in [0.25, 0.3) is 0 Å². The van der Waals surface area contributed by atoms with Crippen LogP contribution in [0.15, 0.2) is 0 Å². The van der Waals surface area contributed by atoms with Crippen molar-refractivity contribution in [3.8, 4) is 0 Å². The highest BCUT2D eigenvalue weighted by atomic mass is 35.5. The molecule has 1 N–H and O–H groups in total. The van der Waals surface area contributed by atoms with E-state index in [1.54, 1.807) is 0 Å². The minimum Gasteiger partial charge on any atom is -0.377 e. The summed E-state index contributed by atoms with van der Waals surface area (Å²) in [5, 5.41) is 3.34. The molecule has 2 aliphatic rings. The first-order chi connectivity index (χ1) is 3.97. The van der Waals surface area contributed by atoms with Gasteiger partial charge in [0.05, 0.1) is 12.7 Å². The van der Waals surface area contributed by atoms with E-state index in [9.17, 15) is 0 Å². The molecular weight excluding hydrogens is 138 g/mol. The van der Waals surface area contributed by atoms with Crippen LogP contribution in [0.1, 0.15) is 6.42 Å². The summed E-state index contributed by atoms with van der Waals surface area (Å²) in [6.07, 6.45) is 1.85. The lowest BCUT2D eigenvalue weighted by Gasteiger charge is -2.40. The molecule has 2 heterocycles. The number of fused-ring (bicyclic) bond motifs is 1. The molecule has 2 fully saturated rings. The van der Waals surface area contributed by atoms with Gasteiger partial charge in [0.25, 0.3) is 0 Å². The maximum atomic E-state index is 5.29. The summed E-state index contributed by atoms with van der Waals surface area (Å²) in [7, 11) is 0. The Morgan fingerprint density at radius 1 is 1.44 bits per heavy atom. The second-order valence-electron chi connectivity index (χ2n) is 2.62. The molecule has 2 aliphatic heterocycles. The van der Waals surface area contributed by atoms with Gasteiger partial charge in [-0.15, -0.1) is 12.4 Å². The predicted octanol–water partition coefficient (Wildman–Crippen LogP) is 0.416. The third kappa shape index (κ3) is 1.20. The van der Waals surface area contributed by atoms with Crippen LogP contribution in [0.3, 0.4) is 0 Å². The van der Waals surface area contributed by atoms with Crippen LogP contribution in [0.2, 0.25) is 0 Å². The SMILES string of the molecule is C1CC2OCC2CN1.Cl. The normalized spacial score (nSPS) is 40.0. The first kappa shape index (κ1) is 7.32. The Labute approximate surface area is 61.4 Å². The molecular formula is C6H12ClNO. The van der Waals surface area contributed by atoms with E-state index >= 15 is 0 Å². The van der Waals surface area contributed by atoms with Crippen molar-refractivity contribution in [1.29, 1.82) is 0 Å². The van der Waals surface area contributed by atoms with Crippen molar-refractivity contribution in [2.45, 2.75) is 12.5 Å². The Hall–Kier alpha value is 0.210. The lowest BCUT2D eigenvalue weighted by molar-refractivity contribution is -0.126. The number of halogens is 1. The number of ether oxygens (including phenoxy) is 1. The number of nitrogens with one attached hydrogen (secondary N) is 1. The van der Waals surface area contributed by atoms with E-state index in [0.717, 1.165) is 19.1 Å². The van der Waals surface area contributed by atoms with E-state index < -0.39 is 0 Å². The van der Waals surface area contributed by atoms with Crippen LogP contribution in [0.4, 0.5) is 0 Å². The zero-order valence-electron chi connectivity index (χ0n) is 5.30. The van der Waals surface area contributed by atoms with Crippen molar-refractivity contribution in [1.82, 2.24) is 5.32 Å². The molecule has 0 aromatic carbocycles. The van der Waals surface area contributed by atoms with Gasteiger partial charge in [0, 0.05) is 12.5 Å². The average Bonchev–Trinajstić information content (AvgIpc) is 1.72. The van der Waals surface area contributed by atoms with Gasteiger partial charge in [-0.1, -0.05) is 0 Å². The summed E-state index contributed by atoms with van der Waals surface area (Å²) in [4.78, 5) is 0. The zero-order chi connectivity index (χ0) is 5.40. The second-order valence-corrected chi connectivity index (χ2v) is 2.62. The van der Waals surface area contributed by atoms with Gasteiger partial charge in [-0.25, -0.2) is 0 Å². The molecule has 0 amide bonds. The lowest BCUT2D eigenvalue weighted by atomic mass is 9.92. The molecule has 0 aromatic rings. The van der Waals surface area contributed by atoms with Crippen molar-refractivity contribution in [3.63, 3.8) is 0 Å². The van der Waals surface area contributed by atoms with Gasteiger partial charge >= 0.3 is 0 Å². The topological polar surface area (TPSA) is 21.3 Å². The Bertz CT molecular complexity index is 87.1. The van der Waals surface area contributed by atoms with Gasteiger partial charge in [-0.2, -0.15) is 0 Å². The molecule has 54 valence electrons. The highest BCUT2D eigenvalue weighted by molar-refractivity contribution is 5.85. The molecule has 0 spiro atoms. The lowest BCUT2D eigenvalue weighted by Crippen LogP contribution is -2.51. The maximum Gasteiger partial charge on any atom is 0.0649 e. The van der Waals surface area contributed by atoms with Gasteiger partial charge in [0.15, 0.2) is 0 Å². The fourth-order valence-electron chi connectivity index (χ4n) is 1.41. The van der Waals surface area contributed by atoms with E-state index in [0.29, 0.717) is 6.10 Å². The van der Waals surface area contributed by atoms with E-state index in [-0.39, 0.29) is 12.4 Å². The average molecular weight is 150 g/mol. The molecule has 3 heteroatoms. The van der Waals surface area contributed by atoms with Crippen LogP contribution in [-0.4, -0.2) is 25.8 Å². The minimum absolute atomic E-state index is 0. The quantitative estimate of drug-likeness (QED) is 0.539. The summed E-state index contributed by atoms with van der Waals surface area (Å²) >= 11 is 0. The van der Waals surface area contributed by atoms with Gasteiger partial charge in [0.2, 0.25) is 0 Å². The molecule has 9 heavy (non-hydrogen) atoms. The van der Waals surface area contributed by atoms with Crippen LogP contribution >= 0.6 is 12.4 Å². The van der Waals surface area contributed by atoms with Crippen LogP contribution in [0, 0.1) is 5.92 Å². The Balaban J connectivity index is 0.000000405. The largest absolute Gasteiger partial charge is 0.377 e. The van der Waals surface area contributed by atoms with Crippen molar-refractivity contribution >= 4 is 12.4 Å². The van der Waals surface area contributed by atoms with E-state index in [1.165, 1.54) is 13.0 Å². The van der Waals surface area contributed by atoms with E-state index in [4.69, 9.17) is 4.74 Å². The third-order valence-electron chi connectivity index (χ3n) is 2.06. The van der Waals surface area contributed by atoms with Crippen molar-refractivity contribution in [3.05, 3.63) is 0 Å². The molecule has 2 nitrogen and oxygen atoms in total. The fraction of sp³-hybridized carbons (Fsp3) is 1.00. The van der Waals surface area contributed by atoms with Crippen LogP contribution < -0.4 is 5.32 Å². The summed E-state index contributed by atoms with van der Waals surface area (Å²) in [5.74, 6) is 0.851. The molecule has 0 bridgehead atoms. The van der Waals surface area contributed by atoms with Crippen molar-refractivity contribution < 1.29 is 4.74 Å². The van der Waals surface area contributed by atoms with Gasteiger partial charge in [-0.3, -0.25) is 0 Å². The smallest absolute Gasteiger partial charge is 0.0649 e. The number of hydrogen-bond donors (Lipinski definition) is 1. The molecule has 0 aromatic heterocycles. The zero-order valence-corrected chi connectivity index (χ0v) is 6.12. The Morgan fingerprint density at radius 3 is 2.67 bits per heavy atom. The van der Waals surface area contributed by atoms with E-state index in [1.807, 2.05) is 0 Å². The number of rotatable bonds is 0. The standard InChI is InChI=1S/C6H11NO.ClH/c1-2-7-3-5-4-8-6(1)5;/h5-7H,1-4H2;1H. The van der Waals surface area contributed by atoms with Crippen molar-refractivity contribution in [2.24, 2.45) is 5.92 Å². The molecule has 2 atom stereocenters. The second kappa shape index (κ2) is 2.86. The summed E-state index contributed by atoms with van der Waals surface area (Å²) in [6, 6.07) is 0. The molecule has 2 rings (SSSR count). The molecule has 0 aliphatic carbocycles. The molecule has 0 saturated carbocycles. The highest BCUT2D eigenvalue weighted by Gasteiger charge is 2.33. The monoisotopic (exact) mass is 149 g/mol. The predicted molar refractivity (Wildman–Crippen MR) is 38.0 cm³/mol. The first-order valence-electron chi connectivity index (χ1n) is 3.29. The molecule has 2 unspecified atom stereocenters. The third-order valence-corrected chi connectivity index (χ3v) is 2.06. The van der Waals surface area contributed by atoms with Gasteiger partial charge < -0.3 is 10.1 Å². The summed E-state index contributed by atoms with van der Waals surface area (Å²) in [5.41, 5.74) is 0. The fourth-order valence-corrected chi connectivity index (χ4v) is 1.41. The number of hydrogen-bond acceptors (Lipinski definition) is 2.